The largest absolute Gasteiger partial charge is 0.339 e. The van der Waals surface area contributed by atoms with Crippen LogP contribution in [-0.2, 0) is 17.6 Å². The smallest absolute Gasteiger partial charge is 0.257 e. The van der Waals surface area contributed by atoms with Crippen molar-refractivity contribution < 1.29 is 9.59 Å². The van der Waals surface area contributed by atoms with Gasteiger partial charge in [0.15, 0.2) is 5.13 Å². The predicted octanol–water partition coefficient (Wildman–Crippen LogP) is 4.95. The van der Waals surface area contributed by atoms with Crippen LogP contribution in [0.5, 0.6) is 0 Å². The highest BCUT2D eigenvalue weighted by atomic mass is 32.1. The van der Waals surface area contributed by atoms with Crippen LogP contribution in [0.1, 0.15) is 47.3 Å². The summed E-state index contributed by atoms with van der Waals surface area (Å²) in [5.74, 6) is -0.0613. The van der Waals surface area contributed by atoms with Crippen LogP contribution in [0.4, 0.5) is 5.13 Å². The molecule has 0 spiro atoms. The van der Waals surface area contributed by atoms with E-state index >= 15 is 0 Å². The Morgan fingerprint density at radius 3 is 2.55 bits per heavy atom. The summed E-state index contributed by atoms with van der Waals surface area (Å²) < 4.78 is 0. The molecule has 0 radical (unpaired) electrons. The van der Waals surface area contributed by atoms with E-state index in [2.05, 4.69) is 34.6 Å². The van der Waals surface area contributed by atoms with E-state index in [0.717, 1.165) is 32.2 Å². The van der Waals surface area contributed by atoms with E-state index in [1.165, 1.54) is 23.3 Å². The fourth-order valence-electron chi connectivity index (χ4n) is 4.07. The number of hydrogen-bond acceptors (Lipinski definition) is 4. The van der Waals surface area contributed by atoms with E-state index < -0.39 is 0 Å². The summed E-state index contributed by atoms with van der Waals surface area (Å²) in [6.45, 7) is 0.819. The molecule has 1 N–H and O–H groups in total. The van der Waals surface area contributed by atoms with Gasteiger partial charge in [0.25, 0.3) is 5.91 Å². The highest BCUT2D eigenvalue weighted by Crippen LogP contribution is 2.23. The molecule has 1 saturated heterocycles. The Labute approximate surface area is 187 Å². The molecule has 0 saturated carbocycles. The van der Waals surface area contributed by atoms with Crippen LogP contribution in [0.2, 0.25) is 0 Å². The lowest BCUT2D eigenvalue weighted by Gasteiger charge is -2.36. The molecule has 1 atom stereocenters. The number of amides is 2. The summed E-state index contributed by atoms with van der Waals surface area (Å²) >= 11 is 1.36. The molecule has 31 heavy (non-hydrogen) atoms. The third-order valence-electron chi connectivity index (χ3n) is 5.70. The molecule has 3 aromatic rings. The number of thiazole rings is 1. The third kappa shape index (κ3) is 5.79. The molecule has 160 valence electrons. The van der Waals surface area contributed by atoms with E-state index in [-0.39, 0.29) is 24.3 Å². The quantitative estimate of drug-likeness (QED) is 0.573. The minimum atomic E-state index is -0.190. The van der Waals surface area contributed by atoms with Gasteiger partial charge >= 0.3 is 0 Å². The number of rotatable bonds is 7. The Morgan fingerprint density at radius 2 is 1.77 bits per heavy atom. The molecular formula is C25H27N3O2S. The SMILES string of the molecule is O=C(Nc1nc(CC(=O)N2CCCC[C@H]2CCc2ccccc2)cs1)c1ccccc1. The first-order chi connectivity index (χ1) is 15.2. The first-order valence-electron chi connectivity index (χ1n) is 10.8. The number of hydrogen-bond donors (Lipinski definition) is 1. The fraction of sp³-hybridized carbons (Fsp3) is 0.320. The number of aromatic nitrogens is 1. The molecule has 2 heterocycles. The lowest BCUT2D eigenvalue weighted by molar-refractivity contribution is -0.134. The second-order valence-electron chi connectivity index (χ2n) is 7.90. The number of benzene rings is 2. The highest BCUT2D eigenvalue weighted by Gasteiger charge is 2.27. The summed E-state index contributed by atoms with van der Waals surface area (Å²) in [4.78, 5) is 31.9. The Hall–Kier alpha value is -2.99. The van der Waals surface area contributed by atoms with Gasteiger partial charge < -0.3 is 4.90 Å². The van der Waals surface area contributed by atoms with E-state index in [1.54, 1.807) is 12.1 Å². The average Bonchev–Trinajstić information content (AvgIpc) is 3.25. The van der Waals surface area contributed by atoms with Crippen LogP contribution in [0.25, 0.3) is 0 Å². The molecule has 0 bridgehead atoms. The third-order valence-corrected chi connectivity index (χ3v) is 6.50. The highest BCUT2D eigenvalue weighted by molar-refractivity contribution is 7.14. The Morgan fingerprint density at radius 1 is 1.03 bits per heavy atom. The van der Waals surface area contributed by atoms with Gasteiger partial charge in [-0.15, -0.1) is 11.3 Å². The maximum Gasteiger partial charge on any atom is 0.257 e. The van der Waals surface area contributed by atoms with Gasteiger partial charge in [0, 0.05) is 23.5 Å². The van der Waals surface area contributed by atoms with Gasteiger partial charge in [0.2, 0.25) is 5.91 Å². The van der Waals surface area contributed by atoms with Crippen molar-refractivity contribution in [2.75, 3.05) is 11.9 Å². The monoisotopic (exact) mass is 433 g/mol. The molecule has 1 fully saturated rings. The minimum Gasteiger partial charge on any atom is -0.339 e. The molecular weight excluding hydrogens is 406 g/mol. The van der Waals surface area contributed by atoms with Crippen LogP contribution in [0.15, 0.2) is 66.0 Å². The van der Waals surface area contributed by atoms with E-state index in [1.807, 2.05) is 34.5 Å². The molecule has 2 amide bonds. The fourth-order valence-corrected chi connectivity index (χ4v) is 4.77. The van der Waals surface area contributed by atoms with Gasteiger partial charge in [-0.3, -0.25) is 14.9 Å². The van der Waals surface area contributed by atoms with Crippen LogP contribution in [-0.4, -0.2) is 34.3 Å². The minimum absolute atomic E-state index is 0.129. The normalized spacial score (nSPS) is 16.1. The van der Waals surface area contributed by atoms with Gasteiger partial charge in [-0.25, -0.2) is 4.98 Å². The first kappa shape index (κ1) is 21.2. The summed E-state index contributed by atoms with van der Waals surface area (Å²) in [7, 11) is 0. The molecule has 1 aliphatic rings. The van der Waals surface area contributed by atoms with Crippen molar-refractivity contribution in [2.24, 2.45) is 0 Å². The zero-order valence-electron chi connectivity index (χ0n) is 17.5. The van der Waals surface area contributed by atoms with Crippen molar-refractivity contribution in [3.8, 4) is 0 Å². The Kier molecular flexibility index (Phi) is 7.10. The zero-order valence-corrected chi connectivity index (χ0v) is 18.3. The number of nitrogens with zero attached hydrogens (tertiary/aromatic N) is 2. The van der Waals surface area contributed by atoms with Gasteiger partial charge in [-0.05, 0) is 49.8 Å². The molecule has 0 unspecified atom stereocenters. The van der Waals surface area contributed by atoms with Crippen LogP contribution < -0.4 is 5.32 Å². The molecule has 2 aromatic carbocycles. The number of likely N-dealkylation sites (tertiary alicyclic amines) is 1. The van der Waals surface area contributed by atoms with Crippen molar-refractivity contribution in [2.45, 2.75) is 44.6 Å². The van der Waals surface area contributed by atoms with Crippen LogP contribution in [0, 0.1) is 0 Å². The maximum absolute atomic E-state index is 13.0. The van der Waals surface area contributed by atoms with Crippen molar-refractivity contribution in [3.63, 3.8) is 0 Å². The van der Waals surface area contributed by atoms with Gasteiger partial charge in [0.05, 0.1) is 12.1 Å². The number of carbonyl (C=O) groups excluding carboxylic acids is 2. The number of aryl methyl sites for hydroxylation is 1. The molecule has 0 aliphatic carbocycles. The lowest BCUT2D eigenvalue weighted by Crippen LogP contribution is -2.44. The number of piperidine rings is 1. The Balaban J connectivity index is 1.34. The van der Waals surface area contributed by atoms with Gasteiger partial charge in [-0.2, -0.15) is 0 Å². The molecule has 1 aromatic heterocycles. The van der Waals surface area contributed by atoms with E-state index in [0.29, 0.717) is 16.4 Å². The summed E-state index contributed by atoms with van der Waals surface area (Å²) in [6, 6.07) is 19.8. The number of anilines is 1. The van der Waals surface area contributed by atoms with Crippen molar-refractivity contribution in [3.05, 3.63) is 82.9 Å². The molecule has 5 nitrogen and oxygen atoms in total. The van der Waals surface area contributed by atoms with Crippen molar-refractivity contribution in [1.29, 1.82) is 0 Å². The van der Waals surface area contributed by atoms with E-state index in [9.17, 15) is 9.59 Å². The second-order valence-corrected chi connectivity index (χ2v) is 8.76. The summed E-state index contributed by atoms with van der Waals surface area (Å²) in [5.41, 5.74) is 2.62. The average molecular weight is 434 g/mol. The van der Waals surface area contributed by atoms with Crippen molar-refractivity contribution in [1.82, 2.24) is 9.88 Å². The van der Waals surface area contributed by atoms with Crippen molar-refractivity contribution >= 4 is 28.3 Å². The van der Waals surface area contributed by atoms with Gasteiger partial charge in [0.1, 0.15) is 0 Å². The zero-order chi connectivity index (χ0) is 21.5. The van der Waals surface area contributed by atoms with E-state index in [4.69, 9.17) is 0 Å². The topological polar surface area (TPSA) is 62.3 Å². The second kappa shape index (κ2) is 10.4. The Bertz CT molecular complexity index is 1000. The first-order valence-corrected chi connectivity index (χ1v) is 11.7. The number of nitrogens with one attached hydrogen (secondary N) is 1. The number of carbonyl (C=O) groups is 2. The molecule has 1 aliphatic heterocycles. The predicted molar refractivity (Wildman–Crippen MR) is 124 cm³/mol. The van der Waals surface area contributed by atoms with Crippen LogP contribution in [0.3, 0.4) is 0 Å². The summed E-state index contributed by atoms with van der Waals surface area (Å²) in [5, 5.41) is 5.21. The van der Waals surface area contributed by atoms with Crippen LogP contribution >= 0.6 is 11.3 Å². The standard InChI is InChI=1S/C25H27N3O2S/c29-23(28-16-8-7-13-22(28)15-14-19-9-3-1-4-10-19)17-21-18-31-25(26-21)27-24(30)20-11-5-2-6-12-20/h1-6,9-12,18,22H,7-8,13-17H2,(H,26,27,30)/t22-/m0/s1. The molecule has 6 heteroatoms. The van der Waals surface area contributed by atoms with Gasteiger partial charge in [-0.1, -0.05) is 48.5 Å². The maximum atomic E-state index is 13.0. The lowest BCUT2D eigenvalue weighted by atomic mass is 9.95. The summed E-state index contributed by atoms with van der Waals surface area (Å²) in [6.07, 6.45) is 5.55. The molecule has 4 rings (SSSR count).